The molecule has 2 fully saturated rings. The van der Waals surface area contributed by atoms with E-state index in [1.807, 2.05) is 23.1 Å². The molecular weight excluding hydrogens is 410 g/mol. The van der Waals surface area contributed by atoms with Gasteiger partial charge in [0.15, 0.2) is 0 Å². The van der Waals surface area contributed by atoms with E-state index >= 15 is 0 Å². The van der Waals surface area contributed by atoms with Gasteiger partial charge in [0.2, 0.25) is 0 Å². The number of carbonyl (C=O) groups excluding carboxylic acids is 1. The van der Waals surface area contributed by atoms with Gasteiger partial charge in [0.25, 0.3) is 0 Å². The fraction of sp³-hybridized carbons (Fsp3) is 0.480. The van der Waals surface area contributed by atoms with E-state index in [2.05, 4.69) is 15.1 Å². The van der Waals surface area contributed by atoms with E-state index in [9.17, 15) is 13.6 Å². The van der Waals surface area contributed by atoms with E-state index < -0.39 is 0 Å². The van der Waals surface area contributed by atoms with Gasteiger partial charge in [0.05, 0.1) is 0 Å². The van der Waals surface area contributed by atoms with E-state index in [0.717, 1.165) is 76.3 Å². The standard InChI is InChI=1S/C25H30F2N4O/c26-19-4-2-18(3-5-19)22-17-24(21-7-6-20(27)16-23(21)22)30-13-10-29(11-14-30)12-15-31-9-1-8-28-25(31)32/h2-7,16,22,24H,1,8-15,17H2,(H,28,32)/t22-,24+/m1/s1. The lowest BCUT2D eigenvalue weighted by Gasteiger charge is -2.39. The summed E-state index contributed by atoms with van der Waals surface area (Å²) < 4.78 is 27.5. The van der Waals surface area contributed by atoms with Gasteiger partial charge in [-0.25, -0.2) is 13.6 Å². The number of benzene rings is 2. The minimum atomic E-state index is -0.249. The Kier molecular flexibility index (Phi) is 6.11. The highest BCUT2D eigenvalue weighted by molar-refractivity contribution is 5.74. The number of fused-ring (bicyclic) bond motifs is 1. The third-order valence-corrected chi connectivity index (χ3v) is 7.22. The Morgan fingerprint density at radius 2 is 1.62 bits per heavy atom. The second kappa shape index (κ2) is 9.16. The molecule has 2 heterocycles. The third-order valence-electron chi connectivity index (χ3n) is 7.22. The van der Waals surface area contributed by atoms with Crippen molar-refractivity contribution in [3.8, 4) is 0 Å². The monoisotopic (exact) mass is 440 g/mol. The van der Waals surface area contributed by atoms with Crippen molar-refractivity contribution in [1.29, 1.82) is 0 Å². The van der Waals surface area contributed by atoms with E-state index in [1.165, 1.54) is 17.7 Å². The lowest BCUT2D eigenvalue weighted by Crippen LogP contribution is -2.52. The molecule has 1 aliphatic carbocycles. The molecule has 7 heteroatoms. The van der Waals surface area contributed by atoms with Crippen molar-refractivity contribution in [1.82, 2.24) is 20.0 Å². The van der Waals surface area contributed by atoms with Gasteiger partial charge < -0.3 is 10.2 Å². The SMILES string of the molecule is O=C1NCCCN1CCN1CCN([C@H]2C[C@H](c3ccc(F)cc3)c3cc(F)ccc32)CC1. The second-order valence-electron chi connectivity index (χ2n) is 9.08. The summed E-state index contributed by atoms with van der Waals surface area (Å²) in [5.41, 5.74) is 3.26. The van der Waals surface area contributed by atoms with Crippen molar-refractivity contribution in [2.24, 2.45) is 0 Å². The lowest BCUT2D eigenvalue weighted by atomic mass is 9.93. The number of piperazine rings is 1. The maximum absolute atomic E-state index is 14.1. The number of nitrogens with zero attached hydrogens (tertiary/aromatic N) is 3. The molecule has 0 bridgehead atoms. The first-order chi connectivity index (χ1) is 15.6. The van der Waals surface area contributed by atoms with Gasteiger partial charge >= 0.3 is 6.03 Å². The quantitative estimate of drug-likeness (QED) is 0.773. The summed E-state index contributed by atoms with van der Waals surface area (Å²) in [6.45, 7) is 7.10. The van der Waals surface area contributed by atoms with Crippen LogP contribution >= 0.6 is 0 Å². The molecule has 0 spiro atoms. The highest BCUT2D eigenvalue weighted by Gasteiger charge is 2.36. The van der Waals surface area contributed by atoms with Crippen LogP contribution in [0.5, 0.6) is 0 Å². The number of halogens is 2. The van der Waals surface area contributed by atoms with Crippen LogP contribution in [-0.2, 0) is 0 Å². The molecule has 2 aliphatic heterocycles. The van der Waals surface area contributed by atoms with Crippen molar-refractivity contribution in [2.45, 2.75) is 24.8 Å². The minimum absolute atomic E-state index is 0.0523. The Balaban J connectivity index is 1.24. The van der Waals surface area contributed by atoms with Crippen molar-refractivity contribution >= 4 is 6.03 Å². The average molecular weight is 441 g/mol. The number of hydrogen-bond donors (Lipinski definition) is 1. The summed E-state index contributed by atoms with van der Waals surface area (Å²) in [4.78, 5) is 18.8. The van der Waals surface area contributed by atoms with Crippen LogP contribution in [0.1, 0.15) is 41.5 Å². The maximum Gasteiger partial charge on any atom is 0.317 e. The van der Waals surface area contributed by atoms with Crippen molar-refractivity contribution in [3.63, 3.8) is 0 Å². The van der Waals surface area contributed by atoms with Crippen LogP contribution in [0, 0.1) is 11.6 Å². The Labute approximate surface area is 188 Å². The predicted octanol–water partition coefficient (Wildman–Crippen LogP) is 3.57. The molecule has 2 aromatic carbocycles. The Hall–Kier alpha value is -2.51. The van der Waals surface area contributed by atoms with E-state index in [0.29, 0.717) is 0 Å². The minimum Gasteiger partial charge on any atom is -0.338 e. The van der Waals surface area contributed by atoms with Gasteiger partial charge in [0.1, 0.15) is 11.6 Å². The highest BCUT2D eigenvalue weighted by atomic mass is 19.1. The largest absolute Gasteiger partial charge is 0.338 e. The molecule has 0 aromatic heterocycles. The molecule has 0 radical (unpaired) electrons. The summed E-state index contributed by atoms with van der Waals surface area (Å²) in [7, 11) is 0. The molecule has 2 saturated heterocycles. The molecule has 32 heavy (non-hydrogen) atoms. The van der Waals surface area contributed by atoms with Crippen LogP contribution in [0.4, 0.5) is 13.6 Å². The number of urea groups is 1. The normalized spacial score (nSPS) is 24.4. The number of amides is 2. The Morgan fingerprint density at radius 3 is 2.38 bits per heavy atom. The first kappa shape index (κ1) is 21.3. The zero-order valence-corrected chi connectivity index (χ0v) is 18.3. The molecule has 3 aliphatic rings. The number of rotatable bonds is 5. The van der Waals surface area contributed by atoms with E-state index in [-0.39, 0.29) is 29.6 Å². The van der Waals surface area contributed by atoms with Crippen molar-refractivity contribution in [3.05, 3.63) is 70.8 Å². The van der Waals surface area contributed by atoms with Gasteiger partial charge in [-0.05, 0) is 53.8 Å². The summed E-state index contributed by atoms with van der Waals surface area (Å²) in [5.74, 6) is -0.383. The smallest absolute Gasteiger partial charge is 0.317 e. The van der Waals surface area contributed by atoms with Gasteiger partial charge in [-0.3, -0.25) is 9.80 Å². The number of hydrogen-bond acceptors (Lipinski definition) is 3. The summed E-state index contributed by atoms with van der Waals surface area (Å²) >= 11 is 0. The van der Waals surface area contributed by atoms with Crippen LogP contribution in [0.2, 0.25) is 0 Å². The second-order valence-corrected chi connectivity index (χ2v) is 9.08. The fourth-order valence-electron chi connectivity index (χ4n) is 5.44. The zero-order chi connectivity index (χ0) is 22.1. The van der Waals surface area contributed by atoms with Gasteiger partial charge in [-0.2, -0.15) is 0 Å². The van der Waals surface area contributed by atoms with Gasteiger partial charge in [0, 0.05) is 64.3 Å². The molecule has 170 valence electrons. The molecule has 0 saturated carbocycles. The predicted molar refractivity (Wildman–Crippen MR) is 120 cm³/mol. The van der Waals surface area contributed by atoms with E-state index in [1.54, 1.807) is 12.1 Å². The van der Waals surface area contributed by atoms with Gasteiger partial charge in [-0.15, -0.1) is 0 Å². The number of carbonyl (C=O) groups is 1. The highest BCUT2D eigenvalue weighted by Crippen LogP contribution is 2.47. The molecule has 5 rings (SSSR count). The molecule has 2 atom stereocenters. The topological polar surface area (TPSA) is 38.8 Å². The van der Waals surface area contributed by atoms with Crippen LogP contribution in [0.15, 0.2) is 42.5 Å². The van der Waals surface area contributed by atoms with Crippen LogP contribution in [-0.4, -0.2) is 73.1 Å². The van der Waals surface area contributed by atoms with Crippen LogP contribution in [0.3, 0.4) is 0 Å². The molecule has 2 amide bonds. The van der Waals surface area contributed by atoms with E-state index in [4.69, 9.17) is 0 Å². The van der Waals surface area contributed by atoms with Crippen molar-refractivity contribution < 1.29 is 13.6 Å². The molecule has 1 N–H and O–H groups in total. The molecular formula is C25H30F2N4O. The molecule has 5 nitrogen and oxygen atoms in total. The zero-order valence-electron chi connectivity index (χ0n) is 18.3. The summed E-state index contributed by atoms with van der Waals surface area (Å²) in [5, 5.41) is 2.91. The Bertz CT molecular complexity index is 959. The maximum atomic E-state index is 14.1. The molecule has 2 aromatic rings. The lowest BCUT2D eigenvalue weighted by molar-refractivity contribution is 0.0879. The summed E-state index contributed by atoms with van der Waals surface area (Å²) in [6.07, 6.45) is 1.90. The van der Waals surface area contributed by atoms with Crippen molar-refractivity contribution in [2.75, 3.05) is 52.4 Å². The first-order valence-electron chi connectivity index (χ1n) is 11.6. The average Bonchev–Trinajstić information content (AvgIpc) is 3.18. The van der Waals surface area contributed by atoms with Crippen LogP contribution < -0.4 is 5.32 Å². The Morgan fingerprint density at radius 1 is 0.875 bits per heavy atom. The first-order valence-corrected chi connectivity index (χ1v) is 11.6. The summed E-state index contributed by atoms with van der Waals surface area (Å²) in [6, 6.07) is 12.1. The fourth-order valence-corrected chi connectivity index (χ4v) is 5.44. The molecule has 0 unspecified atom stereocenters. The third kappa shape index (κ3) is 4.36. The van der Waals surface area contributed by atoms with Crippen LogP contribution in [0.25, 0.3) is 0 Å². The van der Waals surface area contributed by atoms with Gasteiger partial charge in [-0.1, -0.05) is 18.2 Å². The number of nitrogens with one attached hydrogen (secondary N) is 1.